The van der Waals surface area contributed by atoms with E-state index in [2.05, 4.69) is 4.98 Å². The largest absolute Gasteiger partial charge is 0.510 e. The highest BCUT2D eigenvalue weighted by Crippen LogP contribution is 1.83. The van der Waals surface area contributed by atoms with Crippen LogP contribution in [0.1, 0.15) is 6.92 Å². The first kappa shape index (κ1) is 8.23. The lowest BCUT2D eigenvalue weighted by atomic mass is 9.85. The van der Waals surface area contributed by atoms with Crippen molar-refractivity contribution in [1.29, 1.82) is 0 Å². The van der Waals surface area contributed by atoms with E-state index >= 15 is 0 Å². The Kier molecular flexibility index (Phi) is 3.07. The van der Waals surface area contributed by atoms with E-state index in [1.807, 2.05) is 13.0 Å². The molecule has 4 heteroatoms. The molecule has 58 valence electrons. The highest BCUT2D eigenvalue weighted by Gasteiger charge is 2.15. The van der Waals surface area contributed by atoms with Crippen LogP contribution < -0.4 is 5.59 Å². The highest BCUT2D eigenvalue weighted by molar-refractivity contribution is 6.58. The summed E-state index contributed by atoms with van der Waals surface area (Å²) < 4.78 is 4.92. The van der Waals surface area contributed by atoms with Gasteiger partial charge in [0.25, 0.3) is 0 Å². The van der Waals surface area contributed by atoms with Crippen molar-refractivity contribution in [2.24, 2.45) is 0 Å². The Balaban J connectivity index is 2.61. The second-order valence-corrected chi connectivity index (χ2v) is 2.06. The molecule has 1 rings (SSSR count). The molecule has 0 aliphatic heterocycles. The van der Waals surface area contributed by atoms with Crippen molar-refractivity contribution in [3.05, 3.63) is 24.4 Å². The first-order valence-corrected chi connectivity index (χ1v) is 3.55. The van der Waals surface area contributed by atoms with Crippen molar-refractivity contribution in [3.8, 4) is 0 Å². The summed E-state index contributed by atoms with van der Waals surface area (Å²) in [4.78, 5) is 3.92. The topological polar surface area (TPSA) is 42.4 Å². The van der Waals surface area contributed by atoms with Gasteiger partial charge in [-0.3, -0.25) is 4.98 Å². The Morgan fingerprint density at radius 1 is 1.64 bits per heavy atom. The molecular formula is C7H10BNO2. The molecule has 1 aromatic rings. The summed E-state index contributed by atoms with van der Waals surface area (Å²) >= 11 is 0. The molecule has 1 heterocycles. The summed E-state index contributed by atoms with van der Waals surface area (Å²) in [6, 6.07) is 5.33. The van der Waals surface area contributed by atoms with Gasteiger partial charge in [0.05, 0.1) is 5.59 Å². The zero-order valence-corrected chi connectivity index (χ0v) is 6.40. The molecule has 0 amide bonds. The lowest BCUT2D eigenvalue weighted by Gasteiger charge is -2.03. The van der Waals surface area contributed by atoms with E-state index in [4.69, 9.17) is 4.65 Å². The lowest BCUT2D eigenvalue weighted by Crippen LogP contribution is -2.35. The Bertz CT molecular complexity index is 205. The predicted molar refractivity (Wildman–Crippen MR) is 43.5 cm³/mol. The Morgan fingerprint density at radius 2 is 2.45 bits per heavy atom. The van der Waals surface area contributed by atoms with Crippen LogP contribution in [0.5, 0.6) is 0 Å². The number of pyridine rings is 1. The van der Waals surface area contributed by atoms with E-state index in [0.29, 0.717) is 12.2 Å². The van der Waals surface area contributed by atoms with Crippen LogP contribution in [0.15, 0.2) is 24.4 Å². The van der Waals surface area contributed by atoms with Crippen molar-refractivity contribution in [1.82, 2.24) is 4.98 Å². The molecule has 0 atom stereocenters. The lowest BCUT2D eigenvalue weighted by molar-refractivity contribution is 0.286. The summed E-state index contributed by atoms with van der Waals surface area (Å²) in [5, 5.41) is 9.24. The van der Waals surface area contributed by atoms with Crippen LogP contribution >= 0.6 is 0 Å². The van der Waals surface area contributed by atoms with Crippen molar-refractivity contribution in [3.63, 3.8) is 0 Å². The van der Waals surface area contributed by atoms with Crippen LogP contribution in [-0.2, 0) is 4.65 Å². The van der Waals surface area contributed by atoms with Gasteiger partial charge in [-0.1, -0.05) is 6.07 Å². The van der Waals surface area contributed by atoms with Gasteiger partial charge < -0.3 is 9.68 Å². The van der Waals surface area contributed by atoms with E-state index in [0.717, 1.165) is 0 Å². The van der Waals surface area contributed by atoms with Crippen LogP contribution in [0, 0.1) is 0 Å². The van der Waals surface area contributed by atoms with Crippen LogP contribution in [0.2, 0.25) is 0 Å². The van der Waals surface area contributed by atoms with Gasteiger partial charge in [0.1, 0.15) is 0 Å². The SMILES string of the molecule is CCOB(O)c1ccccn1. The first-order chi connectivity index (χ1) is 5.34. The molecule has 0 aliphatic rings. The number of aromatic nitrogens is 1. The smallest absolute Gasteiger partial charge is 0.422 e. The van der Waals surface area contributed by atoms with E-state index in [1.54, 1.807) is 18.3 Å². The molecule has 0 unspecified atom stereocenters. The van der Waals surface area contributed by atoms with Crippen LogP contribution in [0.3, 0.4) is 0 Å². The van der Waals surface area contributed by atoms with E-state index in [-0.39, 0.29) is 0 Å². The highest BCUT2D eigenvalue weighted by atomic mass is 16.5. The second kappa shape index (κ2) is 4.11. The molecule has 0 saturated carbocycles. The summed E-state index contributed by atoms with van der Waals surface area (Å²) in [7, 11) is -0.888. The van der Waals surface area contributed by atoms with E-state index in [9.17, 15) is 5.02 Å². The number of rotatable bonds is 3. The maximum absolute atomic E-state index is 9.24. The molecule has 3 nitrogen and oxygen atoms in total. The third-order valence-corrected chi connectivity index (χ3v) is 1.27. The van der Waals surface area contributed by atoms with Crippen molar-refractivity contribution in [2.75, 3.05) is 6.61 Å². The van der Waals surface area contributed by atoms with Crippen molar-refractivity contribution in [2.45, 2.75) is 6.92 Å². The average molecular weight is 151 g/mol. The van der Waals surface area contributed by atoms with Gasteiger partial charge in [-0.05, 0) is 19.1 Å². The summed E-state index contributed by atoms with van der Waals surface area (Å²) in [6.07, 6.45) is 1.62. The fraction of sp³-hybridized carbons (Fsp3) is 0.286. The molecule has 1 N–H and O–H groups in total. The third-order valence-electron chi connectivity index (χ3n) is 1.27. The van der Waals surface area contributed by atoms with E-state index in [1.165, 1.54) is 0 Å². The average Bonchev–Trinajstić information content (AvgIpc) is 2.07. The Morgan fingerprint density at radius 3 is 3.00 bits per heavy atom. The third kappa shape index (κ3) is 2.33. The Hall–Kier alpha value is -0.865. The van der Waals surface area contributed by atoms with Gasteiger partial charge in [-0.15, -0.1) is 0 Å². The maximum Gasteiger partial charge on any atom is 0.510 e. The summed E-state index contributed by atoms with van der Waals surface area (Å²) in [5.41, 5.74) is 0.550. The van der Waals surface area contributed by atoms with Gasteiger partial charge >= 0.3 is 7.12 Å². The van der Waals surface area contributed by atoms with Crippen molar-refractivity contribution < 1.29 is 9.68 Å². The Labute approximate surface area is 66.2 Å². The van der Waals surface area contributed by atoms with Gasteiger partial charge in [-0.25, -0.2) is 0 Å². The molecule has 1 aromatic heterocycles. The molecular weight excluding hydrogens is 141 g/mol. The van der Waals surface area contributed by atoms with Crippen LogP contribution in [0.25, 0.3) is 0 Å². The molecule has 0 aliphatic carbocycles. The minimum atomic E-state index is -0.888. The monoisotopic (exact) mass is 151 g/mol. The zero-order valence-electron chi connectivity index (χ0n) is 6.40. The number of nitrogens with zero attached hydrogens (tertiary/aromatic N) is 1. The molecule has 0 bridgehead atoms. The second-order valence-electron chi connectivity index (χ2n) is 2.06. The quantitative estimate of drug-likeness (QED) is 0.608. The van der Waals surface area contributed by atoms with Gasteiger partial charge in [0, 0.05) is 12.8 Å². The minimum Gasteiger partial charge on any atom is -0.422 e. The van der Waals surface area contributed by atoms with Crippen molar-refractivity contribution >= 4 is 12.7 Å². The van der Waals surface area contributed by atoms with Gasteiger partial charge in [0.2, 0.25) is 0 Å². The molecule has 0 aromatic carbocycles. The number of hydrogen-bond donors (Lipinski definition) is 1. The van der Waals surface area contributed by atoms with E-state index < -0.39 is 7.12 Å². The summed E-state index contributed by atoms with van der Waals surface area (Å²) in [5.74, 6) is 0. The normalized spacial score (nSPS) is 9.64. The van der Waals surface area contributed by atoms with Gasteiger partial charge in [-0.2, -0.15) is 0 Å². The molecule has 11 heavy (non-hydrogen) atoms. The molecule has 0 saturated heterocycles. The van der Waals surface area contributed by atoms with Crippen LogP contribution in [-0.4, -0.2) is 23.7 Å². The fourth-order valence-electron chi connectivity index (χ4n) is 0.765. The molecule has 0 fully saturated rings. The van der Waals surface area contributed by atoms with Crippen LogP contribution in [0.4, 0.5) is 0 Å². The standard InChI is InChI=1S/C7H10BNO2/c1-2-11-8(10)7-5-3-4-6-9-7/h3-6,10H,2H2,1H3. The zero-order chi connectivity index (χ0) is 8.10. The molecule has 0 spiro atoms. The molecule has 0 radical (unpaired) electrons. The minimum absolute atomic E-state index is 0.484. The predicted octanol–water partition coefficient (Wildman–Crippen LogP) is -0.194. The first-order valence-electron chi connectivity index (χ1n) is 3.55. The fourth-order valence-corrected chi connectivity index (χ4v) is 0.765. The summed E-state index contributed by atoms with van der Waals surface area (Å²) in [6.45, 7) is 2.31. The maximum atomic E-state index is 9.24. The van der Waals surface area contributed by atoms with Gasteiger partial charge in [0.15, 0.2) is 0 Å². The number of hydrogen-bond acceptors (Lipinski definition) is 3.